The fourth-order valence-corrected chi connectivity index (χ4v) is 3.49. The zero-order valence-electron chi connectivity index (χ0n) is 13.9. The summed E-state index contributed by atoms with van der Waals surface area (Å²) < 4.78 is 0. The summed E-state index contributed by atoms with van der Waals surface area (Å²) >= 11 is 6.03. The number of anilines is 1. The van der Waals surface area contributed by atoms with Crippen molar-refractivity contribution in [2.45, 2.75) is 51.5 Å². The van der Waals surface area contributed by atoms with Gasteiger partial charge in [-0.2, -0.15) is 0 Å². The first kappa shape index (κ1) is 17.9. The minimum atomic E-state index is 0.0441. The average Bonchev–Trinajstić information content (AvgIpc) is 2.55. The smallest absolute Gasteiger partial charge is 0.239 e. The standard InChI is InChI=1S/C19H27ClN2O/c1-3-7-16-12-17(20)10-11-18(16)21-13-19(23)22-14(2)15-8-5-4-6-9-15/h3,10-12,14-15,21H,1,4-9,13H2,2H3,(H,22,23). The Balaban J connectivity index is 1.85. The molecular weight excluding hydrogens is 308 g/mol. The third-order valence-electron chi connectivity index (χ3n) is 4.62. The second kappa shape index (κ2) is 8.97. The van der Waals surface area contributed by atoms with E-state index >= 15 is 0 Å². The van der Waals surface area contributed by atoms with Gasteiger partial charge in [-0.15, -0.1) is 6.58 Å². The summed E-state index contributed by atoms with van der Waals surface area (Å²) in [4.78, 5) is 12.2. The molecule has 1 atom stereocenters. The minimum absolute atomic E-state index is 0.0441. The van der Waals surface area contributed by atoms with Crippen molar-refractivity contribution < 1.29 is 4.79 Å². The number of hydrogen-bond acceptors (Lipinski definition) is 2. The van der Waals surface area contributed by atoms with Crippen molar-refractivity contribution in [1.29, 1.82) is 0 Å². The predicted molar refractivity (Wildman–Crippen MR) is 98.0 cm³/mol. The Bertz CT molecular complexity index is 538. The SMILES string of the molecule is C=CCc1cc(Cl)ccc1NCC(=O)NC(C)C1CCCCC1. The highest BCUT2D eigenvalue weighted by Crippen LogP contribution is 2.26. The van der Waals surface area contributed by atoms with Crippen LogP contribution in [0, 0.1) is 5.92 Å². The molecule has 0 radical (unpaired) electrons. The van der Waals surface area contributed by atoms with Gasteiger partial charge in [0.2, 0.25) is 5.91 Å². The average molecular weight is 335 g/mol. The first-order chi connectivity index (χ1) is 11.1. The van der Waals surface area contributed by atoms with Crippen LogP contribution in [0.25, 0.3) is 0 Å². The third-order valence-corrected chi connectivity index (χ3v) is 4.85. The van der Waals surface area contributed by atoms with Gasteiger partial charge in [-0.25, -0.2) is 0 Å². The van der Waals surface area contributed by atoms with E-state index in [4.69, 9.17) is 11.6 Å². The zero-order chi connectivity index (χ0) is 16.7. The third kappa shape index (κ3) is 5.58. The summed E-state index contributed by atoms with van der Waals surface area (Å²) in [6.45, 7) is 6.17. The molecule has 0 spiro atoms. The highest BCUT2D eigenvalue weighted by Gasteiger charge is 2.21. The fraction of sp³-hybridized carbons (Fsp3) is 0.526. The molecule has 1 fully saturated rings. The Morgan fingerprint density at radius 1 is 1.39 bits per heavy atom. The summed E-state index contributed by atoms with van der Waals surface area (Å²) in [6, 6.07) is 5.91. The van der Waals surface area contributed by atoms with Crippen molar-refractivity contribution in [1.82, 2.24) is 5.32 Å². The number of carbonyl (C=O) groups is 1. The highest BCUT2D eigenvalue weighted by molar-refractivity contribution is 6.30. The molecule has 3 nitrogen and oxygen atoms in total. The molecule has 0 aromatic heterocycles. The molecule has 0 saturated heterocycles. The molecule has 1 aliphatic rings. The van der Waals surface area contributed by atoms with Crippen LogP contribution in [0.3, 0.4) is 0 Å². The predicted octanol–water partition coefficient (Wildman–Crippen LogP) is 4.57. The molecule has 0 aliphatic heterocycles. The van der Waals surface area contributed by atoms with E-state index < -0.39 is 0 Å². The van der Waals surface area contributed by atoms with Crippen LogP contribution in [-0.4, -0.2) is 18.5 Å². The van der Waals surface area contributed by atoms with E-state index in [0.717, 1.165) is 17.7 Å². The first-order valence-corrected chi connectivity index (χ1v) is 8.90. The van der Waals surface area contributed by atoms with Crippen LogP contribution in [-0.2, 0) is 11.2 Å². The molecule has 2 rings (SSSR count). The second-order valence-corrected chi connectivity index (χ2v) is 6.84. The van der Waals surface area contributed by atoms with Crippen LogP contribution in [0.4, 0.5) is 5.69 Å². The Morgan fingerprint density at radius 2 is 2.13 bits per heavy atom. The van der Waals surface area contributed by atoms with Crippen molar-refractivity contribution in [2.24, 2.45) is 5.92 Å². The van der Waals surface area contributed by atoms with Gasteiger partial charge >= 0.3 is 0 Å². The lowest BCUT2D eigenvalue weighted by Crippen LogP contribution is -2.41. The molecule has 1 saturated carbocycles. The van der Waals surface area contributed by atoms with Crippen LogP contribution in [0.15, 0.2) is 30.9 Å². The van der Waals surface area contributed by atoms with E-state index in [-0.39, 0.29) is 18.5 Å². The lowest BCUT2D eigenvalue weighted by molar-refractivity contribution is -0.120. The van der Waals surface area contributed by atoms with E-state index in [1.165, 1.54) is 32.1 Å². The van der Waals surface area contributed by atoms with Gasteiger partial charge in [0.05, 0.1) is 6.54 Å². The summed E-state index contributed by atoms with van der Waals surface area (Å²) in [5, 5.41) is 7.05. The summed E-state index contributed by atoms with van der Waals surface area (Å²) in [7, 11) is 0. The topological polar surface area (TPSA) is 41.1 Å². The van der Waals surface area contributed by atoms with Crippen molar-refractivity contribution in [3.05, 3.63) is 41.4 Å². The van der Waals surface area contributed by atoms with Crippen LogP contribution >= 0.6 is 11.6 Å². The molecule has 1 aliphatic carbocycles. The van der Waals surface area contributed by atoms with Gasteiger partial charge in [-0.3, -0.25) is 4.79 Å². The summed E-state index contributed by atoms with van der Waals surface area (Å²) in [5.74, 6) is 0.669. The largest absolute Gasteiger partial charge is 0.376 e. The van der Waals surface area contributed by atoms with Crippen molar-refractivity contribution in [3.8, 4) is 0 Å². The maximum Gasteiger partial charge on any atom is 0.239 e. The monoisotopic (exact) mass is 334 g/mol. The van der Waals surface area contributed by atoms with Gasteiger partial charge in [-0.1, -0.05) is 36.9 Å². The number of rotatable bonds is 7. The number of allylic oxidation sites excluding steroid dienone is 1. The molecular formula is C19H27ClN2O. The van der Waals surface area contributed by atoms with Gasteiger partial charge in [0.1, 0.15) is 0 Å². The maximum atomic E-state index is 12.2. The Labute approximate surface area is 144 Å². The highest BCUT2D eigenvalue weighted by atomic mass is 35.5. The summed E-state index contributed by atoms with van der Waals surface area (Å²) in [5.41, 5.74) is 2.00. The van der Waals surface area contributed by atoms with E-state index in [0.29, 0.717) is 10.9 Å². The Kier molecular flexibility index (Phi) is 6.97. The van der Waals surface area contributed by atoms with Crippen LogP contribution in [0.1, 0.15) is 44.6 Å². The lowest BCUT2D eigenvalue weighted by atomic mass is 9.84. The number of carbonyl (C=O) groups excluding carboxylic acids is 1. The minimum Gasteiger partial charge on any atom is -0.376 e. The van der Waals surface area contributed by atoms with Crippen molar-refractivity contribution in [3.63, 3.8) is 0 Å². The van der Waals surface area contributed by atoms with Gasteiger partial charge < -0.3 is 10.6 Å². The van der Waals surface area contributed by atoms with E-state index in [2.05, 4.69) is 24.1 Å². The number of hydrogen-bond donors (Lipinski definition) is 2. The van der Waals surface area contributed by atoms with Gasteiger partial charge in [0.25, 0.3) is 0 Å². The van der Waals surface area contributed by atoms with E-state index in [1.54, 1.807) is 0 Å². The molecule has 23 heavy (non-hydrogen) atoms. The van der Waals surface area contributed by atoms with Crippen LogP contribution in [0.5, 0.6) is 0 Å². The lowest BCUT2D eigenvalue weighted by Gasteiger charge is -2.28. The maximum absolute atomic E-state index is 12.2. The number of amides is 1. The quantitative estimate of drug-likeness (QED) is 0.717. The first-order valence-electron chi connectivity index (χ1n) is 8.52. The van der Waals surface area contributed by atoms with Crippen LogP contribution in [0.2, 0.25) is 5.02 Å². The number of benzene rings is 1. The zero-order valence-corrected chi connectivity index (χ0v) is 14.7. The normalized spacial score (nSPS) is 16.6. The fourth-order valence-electron chi connectivity index (χ4n) is 3.29. The molecule has 126 valence electrons. The molecule has 1 aromatic rings. The van der Waals surface area contributed by atoms with Gasteiger partial charge in [0, 0.05) is 16.8 Å². The molecule has 1 unspecified atom stereocenters. The molecule has 0 bridgehead atoms. The molecule has 2 N–H and O–H groups in total. The Morgan fingerprint density at radius 3 is 2.83 bits per heavy atom. The van der Waals surface area contributed by atoms with E-state index in [9.17, 15) is 4.79 Å². The molecule has 1 amide bonds. The van der Waals surface area contributed by atoms with Gasteiger partial charge in [0.15, 0.2) is 0 Å². The molecule has 1 aromatic carbocycles. The van der Waals surface area contributed by atoms with Crippen molar-refractivity contribution in [2.75, 3.05) is 11.9 Å². The van der Waals surface area contributed by atoms with E-state index in [1.807, 2.05) is 24.3 Å². The van der Waals surface area contributed by atoms with Gasteiger partial charge in [-0.05, 0) is 55.9 Å². The van der Waals surface area contributed by atoms with Crippen LogP contribution < -0.4 is 10.6 Å². The van der Waals surface area contributed by atoms with Crippen molar-refractivity contribution >= 4 is 23.2 Å². The molecule has 4 heteroatoms. The number of nitrogens with one attached hydrogen (secondary N) is 2. The summed E-state index contributed by atoms with van der Waals surface area (Å²) in [6.07, 6.45) is 8.94. The second-order valence-electron chi connectivity index (χ2n) is 6.40. The molecule has 0 heterocycles. The number of halogens is 1. The Hall–Kier alpha value is -1.48.